The highest BCUT2D eigenvalue weighted by Crippen LogP contribution is 2.26. The summed E-state index contributed by atoms with van der Waals surface area (Å²) in [4.78, 5) is 0. The smallest absolute Gasteiger partial charge is 0.147 e. The predicted molar refractivity (Wildman–Crippen MR) is 82.6 cm³/mol. The Bertz CT molecular complexity index is 719. The molecule has 102 valence electrons. The molecule has 0 amide bonds. The zero-order valence-corrected chi connectivity index (χ0v) is 12.4. The van der Waals surface area contributed by atoms with Crippen molar-refractivity contribution in [1.82, 2.24) is 0 Å². The van der Waals surface area contributed by atoms with E-state index in [4.69, 9.17) is 14.9 Å². The summed E-state index contributed by atoms with van der Waals surface area (Å²) in [6, 6.07) is 15.6. The normalized spacial score (nSPS) is 10.9. The number of ether oxygens (including phenoxy) is 1. The Morgan fingerprint density at radius 2 is 1.80 bits per heavy atom. The molecule has 0 saturated heterocycles. The summed E-state index contributed by atoms with van der Waals surface area (Å²) in [6.07, 6.45) is 0. The van der Waals surface area contributed by atoms with Crippen molar-refractivity contribution in [2.45, 2.75) is 13.2 Å². The van der Waals surface area contributed by atoms with E-state index < -0.39 is 0 Å². The quantitative estimate of drug-likeness (QED) is 0.778. The van der Waals surface area contributed by atoms with Crippen LogP contribution in [0.1, 0.15) is 11.3 Å². The van der Waals surface area contributed by atoms with Gasteiger partial charge in [0.2, 0.25) is 0 Å². The summed E-state index contributed by atoms with van der Waals surface area (Å²) in [5, 5.41) is 1.06. The van der Waals surface area contributed by atoms with E-state index in [-0.39, 0.29) is 0 Å². The van der Waals surface area contributed by atoms with Crippen molar-refractivity contribution in [1.29, 1.82) is 0 Å². The van der Waals surface area contributed by atoms with Crippen LogP contribution in [0.15, 0.2) is 57.4 Å². The molecule has 2 aromatic carbocycles. The molecule has 0 fully saturated rings. The van der Waals surface area contributed by atoms with Gasteiger partial charge in [-0.2, -0.15) is 0 Å². The van der Waals surface area contributed by atoms with Crippen LogP contribution < -0.4 is 10.5 Å². The fourth-order valence-electron chi connectivity index (χ4n) is 2.17. The standard InChI is InChI=1S/C16H14BrNO2/c17-11-5-7-12(8-6-11)19-10-16-14(9-18)13-3-1-2-4-15(13)20-16/h1-8H,9-10,18H2. The van der Waals surface area contributed by atoms with Crippen LogP contribution in [0.4, 0.5) is 0 Å². The molecule has 0 aliphatic carbocycles. The molecule has 0 bridgehead atoms. The van der Waals surface area contributed by atoms with Crippen LogP contribution in [0.25, 0.3) is 11.0 Å². The lowest BCUT2D eigenvalue weighted by Gasteiger charge is -2.05. The third-order valence-corrected chi connectivity index (χ3v) is 3.70. The SMILES string of the molecule is NCc1c(COc2ccc(Br)cc2)oc2ccccc12. The molecule has 3 nitrogen and oxygen atoms in total. The fourth-order valence-corrected chi connectivity index (χ4v) is 2.43. The number of para-hydroxylation sites is 1. The van der Waals surface area contributed by atoms with Crippen molar-refractivity contribution in [3.63, 3.8) is 0 Å². The van der Waals surface area contributed by atoms with E-state index in [0.29, 0.717) is 13.2 Å². The van der Waals surface area contributed by atoms with Gasteiger partial charge in [-0.15, -0.1) is 0 Å². The third kappa shape index (κ3) is 2.57. The second-order valence-corrected chi connectivity index (χ2v) is 5.36. The van der Waals surface area contributed by atoms with Crippen molar-refractivity contribution in [2.24, 2.45) is 5.73 Å². The molecule has 4 heteroatoms. The summed E-state index contributed by atoms with van der Waals surface area (Å²) in [7, 11) is 0. The first kappa shape index (κ1) is 13.2. The van der Waals surface area contributed by atoms with Gasteiger partial charge in [0, 0.05) is 22.0 Å². The molecule has 1 aromatic heterocycles. The van der Waals surface area contributed by atoms with Gasteiger partial charge in [0.05, 0.1) is 0 Å². The van der Waals surface area contributed by atoms with Crippen LogP contribution in [0.2, 0.25) is 0 Å². The maximum Gasteiger partial charge on any atom is 0.147 e. The first-order valence-electron chi connectivity index (χ1n) is 6.35. The van der Waals surface area contributed by atoms with Crippen molar-refractivity contribution < 1.29 is 9.15 Å². The van der Waals surface area contributed by atoms with E-state index >= 15 is 0 Å². The van der Waals surface area contributed by atoms with Crippen LogP contribution in [0.3, 0.4) is 0 Å². The molecule has 0 aliphatic heterocycles. The Morgan fingerprint density at radius 3 is 2.55 bits per heavy atom. The number of fused-ring (bicyclic) bond motifs is 1. The van der Waals surface area contributed by atoms with E-state index in [0.717, 1.165) is 32.5 Å². The van der Waals surface area contributed by atoms with Gasteiger partial charge < -0.3 is 14.9 Å². The Morgan fingerprint density at radius 1 is 1.05 bits per heavy atom. The second kappa shape index (κ2) is 5.69. The molecule has 0 saturated carbocycles. The maximum absolute atomic E-state index is 5.83. The van der Waals surface area contributed by atoms with Gasteiger partial charge in [-0.05, 0) is 30.3 Å². The second-order valence-electron chi connectivity index (χ2n) is 4.45. The summed E-state index contributed by atoms with van der Waals surface area (Å²) in [5.41, 5.74) is 7.69. The number of halogens is 1. The molecule has 3 aromatic rings. The number of nitrogens with two attached hydrogens (primary N) is 1. The molecular weight excluding hydrogens is 318 g/mol. The summed E-state index contributed by atoms with van der Waals surface area (Å²) in [6.45, 7) is 0.818. The van der Waals surface area contributed by atoms with Gasteiger partial charge in [-0.1, -0.05) is 34.1 Å². The van der Waals surface area contributed by atoms with E-state index in [1.54, 1.807) is 0 Å². The molecule has 2 N–H and O–H groups in total. The molecule has 0 aliphatic rings. The fraction of sp³-hybridized carbons (Fsp3) is 0.125. The van der Waals surface area contributed by atoms with Gasteiger partial charge in [0.1, 0.15) is 23.7 Å². The lowest BCUT2D eigenvalue weighted by molar-refractivity contribution is 0.272. The van der Waals surface area contributed by atoms with E-state index in [9.17, 15) is 0 Å². The van der Waals surface area contributed by atoms with Crippen molar-refractivity contribution in [3.8, 4) is 5.75 Å². The molecular formula is C16H14BrNO2. The molecule has 20 heavy (non-hydrogen) atoms. The molecule has 3 rings (SSSR count). The highest BCUT2D eigenvalue weighted by molar-refractivity contribution is 9.10. The Kier molecular flexibility index (Phi) is 3.76. The van der Waals surface area contributed by atoms with Gasteiger partial charge >= 0.3 is 0 Å². The number of benzene rings is 2. The minimum atomic E-state index is 0.378. The maximum atomic E-state index is 5.83. The predicted octanol–water partition coefficient (Wildman–Crippen LogP) is 4.23. The molecule has 0 unspecified atom stereocenters. The first-order valence-corrected chi connectivity index (χ1v) is 7.15. The minimum Gasteiger partial charge on any atom is -0.486 e. The van der Waals surface area contributed by atoms with Gasteiger partial charge in [-0.25, -0.2) is 0 Å². The highest BCUT2D eigenvalue weighted by Gasteiger charge is 2.12. The summed E-state index contributed by atoms with van der Waals surface area (Å²) >= 11 is 3.40. The van der Waals surface area contributed by atoms with Crippen molar-refractivity contribution >= 4 is 26.9 Å². The van der Waals surface area contributed by atoms with E-state index in [1.807, 2.05) is 48.5 Å². The van der Waals surface area contributed by atoms with Crippen LogP contribution in [0.5, 0.6) is 5.75 Å². The lowest BCUT2D eigenvalue weighted by Crippen LogP contribution is -2.02. The van der Waals surface area contributed by atoms with Crippen LogP contribution in [-0.2, 0) is 13.2 Å². The van der Waals surface area contributed by atoms with Crippen molar-refractivity contribution in [2.75, 3.05) is 0 Å². The Labute approximate surface area is 125 Å². The topological polar surface area (TPSA) is 48.4 Å². The lowest BCUT2D eigenvalue weighted by atomic mass is 10.1. The Hall–Kier alpha value is -1.78. The number of furan rings is 1. The first-order chi connectivity index (χ1) is 9.78. The average Bonchev–Trinajstić information content (AvgIpc) is 2.84. The minimum absolute atomic E-state index is 0.378. The van der Waals surface area contributed by atoms with Gasteiger partial charge in [-0.3, -0.25) is 0 Å². The number of rotatable bonds is 4. The van der Waals surface area contributed by atoms with Crippen LogP contribution >= 0.6 is 15.9 Å². The summed E-state index contributed by atoms with van der Waals surface area (Å²) in [5.74, 6) is 1.59. The molecule has 1 heterocycles. The van der Waals surface area contributed by atoms with Crippen molar-refractivity contribution in [3.05, 3.63) is 64.3 Å². The monoisotopic (exact) mass is 331 g/mol. The largest absolute Gasteiger partial charge is 0.486 e. The Balaban J connectivity index is 1.85. The zero-order valence-electron chi connectivity index (χ0n) is 10.8. The third-order valence-electron chi connectivity index (χ3n) is 3.17. The molecule has 0 spiro atoms. The molecule has 0 radical (unpaired) electrons. The van der Waals surface area contributed by atoms with E-state index in [2.05, 4.69) is 15.9 Å². The molecule has 0 atom stereocenters. The summed E-state index contributed by atoms with van der Waals surface area (Å²) < 4.78 is 12.6. The van der Waals surface area contributed by atoms with Gasteiger partial charge in [0.25, 0.3) is 0 Å². The van der Waals surface area contributed by atoms with Crippen LogP contribution in [-0.4, -0.2) is 0 Å². The number of hydrogen-bond donors (Lipinski definition) is 1. The highest BCUT2D eigenvalue weighted by atomic mass is 79.9. The van der Waals surface area contributed by atoms with Gasteiger partial charge in [0.15, 0.2) is 0 Å². The average molecular weight is 332 g/mol. The van der Waals surface area contributed by atoms with E-state index in [1.165, 1.54) is 0 Å². The van der Waals surface area contributed by atoms with Crippen LogP contribution in [0, 0.1) is 0 Å². The number of hydrogen-bond acceptors (Lipinski definition) is 3. The zero-order chi connectivity index (χ0) is 13.9.